The molecule has 0 heterocycles. The van der Waals surface area contributed by atoms with Crippen LogP contribution in [0, 0.1) is 0 Å². The van der Waals surface area contributed by atoms with Gasteiger partial charge in [0.1, 0.15) is 5.75 Å². The average molecular weight is 314 g/mol. The first-order valence-corrected chi connectivity index (χ1v) is 8.92. The Balaban J connectivity index is 2.69. The highest BCUT2D eigenvalue weighted by Crippen LogP contribution is 2.20. The van der Waals surface area contributed by atoms with Gasteiger partial charge < -0.3 is 10.1 Å². The molecule has 1 atom stereocenters. The topological polar surface area (TPSA) is 67.4 Å². The van der Waals surface area contributed by atoms with E-state index in [-0.39, 0.29) is 6.04 Å². The number of rotatable bonds is 8. The van der Waals surface area contributed by atoms with Gasteiger partial charge in [0.25, 0.3) is 0 Å². The SMILES string of the molecule is CCC(NCC(C)(C)NS(C)(=O)=O)c1ccc(OC)cc1. The van der Waals surface area contributed by atoms with Crippen LogP contribution in [0.5, 0.6) is 5.75 Å². The van der Waals surface area contributed by atoms with E-state index in [9.17, 15) is 8.42 Å². The molecule has 0 saturated carbocycles. The third-order valence-corrected chi connectivity index (χ3v) is 4.10. The van der Waals surface area contributed by atoms with Gasteiger partial charge in [-0.05, 0) is 38.0 Å². The lowest BCUT2D eigenvalue weighted by atomic mass is 10.0. The number of ether oxygens (including phenoxy) is 1. The summed E-state index contributed by atoms with van der Waals surface area (Å²) in [7, 11) is -1.57. The number of hydrogen-bond donors (Lipinski definition) is 2. The lowest BCUT2D eigenvalue weighted by Gasteiger charge is -2.28. The first-order valence-electron chi connectivity index (χ1n) is 7.03. The summed E-state index contributed by atoms with van der Waals surface area (Å²) in [6.45, 7) is 6.37. The summed E-state index contributed by atoms with van der Waals surface area (Å²) >= 11 is 0. The van der Waals surface area contributed by atoms with Crippen molar-refractivity contribution in [1.82, 2.24) is 10.0 Å². The van der Waals surface area contributed by atoms with E-state index in [0.717, 1.165) is 17.7 Å². The first kappa shape index (κ1) is 17.9. The quantitative estimate of drug-likeness (QED) is 0.771. The Bertz CT molecular complexity index is 539. The van der Waals surface area contributed by atoms with Crippen LogP contribution in [0.4, 0.5) is 0 Å². The van der Waals surface area contributed by atoms with Crippen molar-refractivity contribution in [1.29, 1.82) is 0 Å². The highest BCUT2D eigenvalue weighted by molar-refractivity contribution is 7.88. The van der Waals surface area contributed by atoms with Gasteiger partial charge in [-0.2, -0.15) is 0 Å². The molecule has 1 rings (SSSR count). The predicted octanol–water partition coefficient (Wildman–Crippen LogP) is 2.06. The largest absolute Gasteiger partial charge is 0.497 e. The van der Waals surface area contributed by atoms with Crippen molar-refractivity contribution in [2.24, 2.45) is 0 Å². The van der Waals surface area contributed by atoms with Gasteiger partial charge in [0.05, 0.1) is 13.4 Å². The van der Waals surface area contributed by atoms with E-state index >= 15 is 0 Å². The smallest absolute Gasteiger partial charge is 0.209 e. The van der Waals surface area contributed by atoms with Crippen LogP contribution in [-0.2, 0) is 10.0 Å². The molecule has 2 N–H and O–H groups in total. The minimum Gasteiger partial charge on any atom is -0.497 e. The molecule has 0 radical (unpaired) electrons. The fraction of sp³-hybridized carbons (Fsp3) is 0.600. The van der Waals surface area contributed by atoms with Crippen molar-refractivity contribution in [3.8, 4) is 5.75 Å². The number of methoxy groups -OCH3 is 1. The molecule has 1 aromatic carbocycles. The van der Waals surface area contributed by atoms with E-state index in [4.69, 9.17) is 4.74 Å². The Hall–Kier alpha value is -1.11. The maximum Gasteiger partial charge on any atom is 0.209 e. The minimum absolute atomic E-state index is 0.177. The molecule has 0 amide bonds. The van der Waals surface area contributed by atoms with Gasteiger partial charge in [-0.3, -0.25) is 0 Å². The van der Waals surface area contributed by atoms with Gasteiger partial charge >= 0.3 is 0 Å². The molecule has 0 aliphatic heterocycles. The summed E-state index contributed by atoms with van der Waals surface area (Å²) in [4.78, 5) is 0. The third kappa shape index (κ3) is 6.46. The molecule has 0 bridgehead atoms. The molecular weight excluding hydrogens is 288 g/mol. The van der Waals surface area contributed by atoms with Crippen LogP contribution in [0.3, 0.4) is 0 Å². The van der Waals surface area contributed by atoms with Gasteiger partial charge in [-0.25, -0.2) is 13.1 Å². The van der Waals surface area contributed by atoms with E-state index in [1.54, 1.807) is 7.11 Å². The Morgan fingerprint density at radius 3 is 2.24 bits per heavy atom. The van der Waals surface area contributed by atoms with Crippen molar-refractivity contribution in [2.75, 3.05) is 19.9 Å². The second kappa shape index (κ2) is 7.24. The maximum absolute atomic E-state index is 11.3. The van der Waals surface area contributed by atoms with Crippen LogP contribution >= 0.6 is 0 Å². The summed E-state index contributed by atoms with van der Waals surface area (Å²) in [5.74, 6) is 0.827. The highest BCUT2D eigenvalue weighted by Gasteiger charge is 2.23. The molecule has 0 saturated heterocycles. The summed E-state index contributed by atoms with van der Waals surface area (Å²) in [5.41, 5.74) is 0.626. The zero-order valence-corrected chi connectivity index (χ0v) is 14.3. The molecule has 1 unspecified atom stereocenters. The Morgan fingerprint density at radius 2 is 1.81 bits per heavy atom. The monoisotopic (exact) mass is 314 g/mol. The van der Waals surface area contributed by atoms with Crippen molar-refractivity contribution in [3.63, 3.8) is 0 Å². The summed E-state index contributed by atoms with van der Waals surface area (Å²) in [5, 5.41) is 3.42. The van der Waals surface area contributed by atoms with Crippen LogP contribution in [0.15, 0.2) is 24.3 Å². The van der Waals surface area contributed by atoms with Crippen LogP contribution < -0.4 is 14.8 Å². The van der Waals surface area contributed by atoms with Crippen LogP contribution in [0.2, 0.25) is 0 Å². The molecule has 6 heteroatoms. The number of nitrogens with one attached hydrogen (secondary N) is 2. The normalized spacial score (nSPS) is 14.0. The second-order valence-corrected chi connectivity index (χ2v) is 7.62. The Morgan fingerprint density at radius 1 is 1.24 bits per heavy atom. The molecule has 5 nitrogen and oxygen atoms in total. The molecule has 120 valence electrons. The fourth-order valence-electron chi connectivity index (χ4n) is 2.25. The molecule has 0 aromatic heterocycles. The zero-order valence-electron chi connectivity index (χ0n) is 13.4. The minimum atomic E-state index is -3.22. The van der Waals surface area contributed by atoms with Gasteiger partial charge in [0.2, 0.25) is 10.0 Å². The molecule has 1 aromatic rings. The van der Waals surface area contributed by atoms with E-state index in [1.807, 2.05) is 38.1 Å². The summed E-state index contributed by atoms with van der Waals surface area (Å²) in [6.07, 6.45) is 2.09. The lowest BCUT2D eigenvalue weighted by Crippen LogP contribution is -2.50. The average Bonchev–Trinajstić information content (AvgIpc) is 2.37. The zero-order chi connectivity index (χ0) is 16.1. The highest BCUT2D eigenvalue weighted by atomic mass is 32.2. The molecular formula is C15H26N2O3S. The van der Waals surface area contributed by atoms with E-state index in [1.165, 1.54) is 6.26 Å². The van der Waals surface area contributed by atoms with Crippen LogP contribution in [0.25, 0.3) is 0 Å². The van der Waals surface area contributed by atoms with Crippen molar-refractivity contribution in [3.05, 3.63) is 29.8 Å². The Labute approximate surface area is 128 Å². The van der Waals surface area contributed by atoms with Crippen LogP contribution in [0.1, 0.15) is 38.8 Å². The van der Waals surface area contributed by atoms with Gasteiger partial charge in [0.15, 0.2) is 0 Å². The fourth-order valence-corrected chi connectivity index (χ4v) is 3.33. The second-order valence-electron chi connectivity index (χ2n) is 5.87. The van der Waals surface area contributed by atoms with Crippen LogP contribution in [-0.4, -0.2) is 33.9 Å². The van der Waals surface area contributed by atoms with E-state index < -0.39 is 15.6 Å². The standard InChI is InChI=1S/C15H26N2O3S/c1-6-14(12-7-9-13(20-4)10-8-12)16-11-15(2,3)17-21(5,18)19/h7-10,14,16-17H,6,11H2,1-5H3. The lowest BCUT2D eigenvalue weighted by molar-refractivity contribution is 0.385. The van der Waals surface area contributed by atoms with Crippen molar-refractivity contribution < 1.29 is 13.2 Å². The van der Waals surface area contributed by atoms with Gasteiger partial charge in [-0.15, -0.1) is 0 Å². The van der Waals surface area contributed by atoms with E-state index in [2.05, 4.69) is 17.0 Å². The molecule has 0 aliphatic rings. The molecule has 21 heavy (non-hydrogen) atoms. The van der Waals surface area contributed by atoms with Gasteiger partial charge in [-0.1, -0.05) is 19.1 Å². The predicted molar refractivity (Wildman–Crippen MR) is 86.1 cm³/mol. The Kier molecular flexibility index (Phi) is 6.19. The summed E-state index contributed by atoms with van der Waals surface area (Å²) in [6, 6.07) is 8.09. The molecule has 0 spiro atoms. The summed E-state index contributed by atoms with van der Waals surface area (Å²) < 4.78 is 30.5. The molecule has 0 aliphatic carbocycles. The maximum atomic E-state index is 11.3. The van der Waals surface area contributed by atoms with Crippen molar-refractivity contribution in [2.45, 2.75) is 38.8 Å². The molecule has 0 fully saturated rings. The van der Waals surface area contributed by atoms with E-state index in [0.29, 0.717) is 6.54 Å². The first-order chi connectivity index (χ1) is 9.67. The van der Waals surface area contributed by atoms with Gasteiger partial charge in [0, 0.05) is 18.1 Å². The third-order valence-electron chi connectivity index (χ3n) is 3.18. The number of sulfonamides is 1. The van der Waals surface area contributed by atoms with Crippen molar-refractivity contribution >= 4 is 10.0 Å². The number of hydrogen-bond acceptors (Lipinski definition) is 4. The number of benzene rings is 1.